The number of nitrogens with one attached hydrogen (secondary N) is 1. The highest BCUT2D eigenvalue weighted by Crippen LogP contribution is 2.18. The standard InChI is InChI=1S/C16H21ClN2O2/c1-12(20)19(11-9-16(21)18-15-6-7-15)10-8-13-2-4-14(17)5-3-13/h2-5,15H,6-11H2,1H3,(H,18,21). The second kappa shape index (κ2) is 7.46. The fourth-order valence-electron chi connectivity index (χ4n) is 2.11. The van der Waals surface area contributed by atoms with Gasteiger partial charge in [-0.2, -0.15) is 0 Å². The van der Waals surface area contributed by atoms with E-state index in [4.69, 9.17) is 11.6 Å². The number of benzene rings is 1. The van der Waals surface area contributed by atoms with E-state index < -0.39 is 0 Å². The number of nitrogens with zero attached hydrogens (tertiary/aromatic N) is 1. The van der Waals surface area contributed by atoms with Crippen LogP contribution in [0.2, 0.25) is 5.02 Å². The van der Waals surface area contributed by atoms with Crippen molar-refractivity contribution in [3.63, 3.8) is 0 Å². The Morgan fingerprint density at radius 2 is 1.90 bits per heavy atom. The van der Waals surface area contributed by atoms with Gasteiger partial charge in [0.25, 0.3) is 0 Å². The fourth-order valence-corrected chi connectivity index (χ4v) is 2.23. The van der Waals surface area contributed by atoms with Crippen LogP contribution in [-0.4, -0.2) is 35.8 Å². The second-order valence-electron chi connectivity index (χ2n) is 5.47. The highest BCUT2D eigenvalue weighted by atomic mass is 35.5. The molecule has 21 heavy (non-hydrogen) atoms. The first-order chi connectivity index (χ1) is 10.0. The van der Waals surface area contributed by atoms with E-state index in [1.165, 1.54) is 0 Å². The Kier molecular flexibility index (Phi) is 5.62. The summed E-state index contributed by atoms with van der Waals surface area (Å²) in [7, 11) is 0. The molecule has 1 aromatic carbocycles. The molecular weight excluding hydrogens is 288 g/mol. The maximum Gasteiger partial charge on any atom is 0.221 e. The average molecular weight is 309 g/mol. The third kappa shape index (κ3) is 5.76. The van der Waals surface area contributed by atoms with E-state index in [2.05, 4.69) is 5.32 Å². The number of hydrogen-bond acceptors (Lipinski definition) is 2. The predicted octanol–water partition coefficient (Wildman–Crippen LogP) is 2.40. The van der Waals surface area contributed by atoms with E-state index in [0.29, 0.717) is 30.6 Å². The minimum atomic E-state index is 0.00295. The molecule has 114 valence electrons. The lowest BCUT2D eigenvalue weighted by atomic mass is 10.1. The van der Waals surface area contributed by atoms with Crippen LogP contribution in [0.4, 0.5) is 0 Å². The van der Waals surface area contributed by atoms with Crippen molar-refractivity contribution in [2.75, 3.05) is 13.1 Å². The third-order valence-electron chi connectivity index (χ3n) is 3.58. The molecule has 0 unspecified atom stereocenters. The summed E-state index contributed by atoms with van der Waals surface area (Å²) in [6.45, 7) is 2.63. The predicted molar refractivity (Wildman–Crippen MR) is 83.2 cm³/mol. The zero-order chi connectivity index (χ0) is 15.2. The van der Waals surface area contributed by atoms with Gasteiger partial charge in [0.15, 0.2) is 0 Å². The molecule has 2 rings (SSSR count). The van der Waals surface area contributed by atoms with Crippen LogP contribution in [-0.2, 0) is 16.0 Å². The maximum atomic E-state index is 11.7. The Morgan fingerprint density at radius 3 is 2.48 bits per heavy atom. The minimum absolute atomic E-state index is 0.00295. The van der Waals surface area contributed by atoms with E-state index in [1.807, 2.05) is 24.3 Å². The lowest BCUT2D eigenvalue weighted by Gasteiger charge is -2.21. The molecular formula is C16H21ClN2O2. The maximum absolute atomic E-state index is 11.7. The van der Waals surface area contributed by atoms with Crippen molar-refractivity contribution in [2.24, 2.45) is 0 Å². The van der Waals surface area contributed by atoms with E-state index in [0.717, 1.165) is 24.8 Å². The topological polar surface area (TPSA) is 49.4 Å². The lowest BCUT2D eigenvalue weighted by Crippen LogP contribution is -2.35. The Balaban J connectivity index is 1.76. The molecule has 0 aromatic heterocycles. The molecule has 2 amide bonds. The number of halogens is 1. The summed E-state index contributed by atoms with van der Waals surface area (Å²) in [6, 6.07) is 7.98. The minimum Gasteiger partial charge on any atom is -0.353 e. The third-order valence-corrected chi connectivity index (χ3v) is 3.83. The summed E-state index contributed by atoms with van der Waals surface area (Å²) >= 11 is 5.85. The first kappa shape index (κ1) is 15.8. The van der Waals surface area contributed by atoms with Crippen molar-refractivity contribution in [3.8, 4) is 0 Å². The summed E-state index contributed by atoms with van der Waals surface area (Å²) in [4.78, 5) is 25.0. The number of rotatable bonds is 7. The summed E-state index contributed by atoms with van der Waals surface area (Å²) in [5.74, 6) is 0.0402. The van der Waals surface area contributed by atoms with Crippen molar-refractivity contribution in [3.05, 3.63) is 34.9 Å². The average Bonchev–Trinajstić information content (AvgIpc) is 3.24. The molecule has 0 bridgehead atoms. The van der Waals surface area contributed by atoms with Crippen molar-refractivity contribution >= 4 is 23.4 Å². The van der Waals surface area contributed by atoms with Gasteiger partial charge >= 0.3 is 0 Å². The van der Waals surface area contributed by atoms with Crippen LogP contribution in [0, 0.1) is 0 Å². The Labute approximate surface area is 130 Å². The van der Waals surface area contributed by atoms with Crippen LogP contribution in [0.1, 0.15) is 31.7 Å². The van der Waals surface area contributed by atoms with E-state index in [9.17, 15) is 9.59 Å². The molecule has 4 nitrogen and oxygen atoms in total. The van der Waals surface area contributed by atoms with E-state index in [-0.39, 0.29) is 11.8 Å². The molecule has 1 fully saturated rings. The van der Waals surface area contributed by atoms with Crippen molar-refractivity contribution in [2.45, 2.75) is 38.6 Å². The first-order valence-electron chi connectivity index (χ1n) is 7.34. The lowest BCUT2D eigenvalue weighted by molar-refractivity contribution is -0.129. The molecule has 0 atom stereocenters. The molecule has 1 aliphatic rings. The molecule has 0 spiro atoms. The van der Waals surface area contributed by atoms with Crippen LogP contribution in [0.5, 0.6) is 0 Å². The van der Waals surface area contributed by atoms with Crippen LogP contribution in [0.25, 0.3) is 0 Å². The number of amides is 2. The number of carbonyl (C=O) groups is 2. The highest BCUT2D eigenvalue weighted by Gasteiger charge is 2.23. The van der Waals surface area contributed by atoms with Gasteiger partial charge in [-0.15, -0.1) is 0 Å². The fraction of sp³-hybridized carbons (Fsp3) is 0.500. The van der Waals surface area contributed by atoms with Crippen LogP contribution >= 0.6 is 11.6 Å². The van der Waals surface area contributed by atoms with Crippen LogP contribution in [0.3, 0.4) is 0 Å². The van der Waals surface area contributed by atoms with Gasteiger partial charge in [0, 0.05) is 37.5 Å². The first-order valence-corrected chi connectivity index (χ1v) is 7.71. The molecule has 0 radical (unpaired) electrons. The van der Waals surface area contributed by atoms with Gasteiger partial charge in [0.1, 0.15) is 0 Å². The van der Waals surface area contributed by atoms with Crippen LogP contribution < -0.4 is 5.32 Å². The van der Waals surface area contributed by atoms with Gasteiger partial charge in [0.05, 0.1) is 0 Å². The summed E-state index contributed by atoms with van der Waals surface area (Å²) < 4.78 is 0. The largest absolute Gasteiger partial charge is 0.353 e. The van der Waals surface area contributed by atoms with E-state index >= 15 is 0 Å². The number of carbonyl (C=O) groups excluding carboxylic acids is 2. The van der Waals surface area contributed by atoms with Crippen molar-refractivity contribution in [1.82, 2.24) is 10.2 Å². The summed E-state index contributed by atoms with van der Waals surface area (Å²) in [6.07, 6.45) is 3.30. The highest BCUT2D eigenvalue weighted by molar-refractivity contribution is 6.30. The quantitative estimate of drug-likeness (QED) is 0.841. The molecule has 0 aliphatic heterocycles. The molecule has 5 heteroatoms. The zero-order valence-corrected chi connectivity index (χ0v) is 13.0. The van der Waals surface area contributed by atoms with Gasteiger partial charge in [-0.05, 0) is 37.0 Å². The molecule has 1 saturated carbocycles. The van der Waals surface area contributed by atoms with Crippen molar-refractivity contribution < 1.29 is 9.59 Å². The Morgan fingerprint density at radius 1 is 1.24 bits per heavy atom. The Bertz CT molecular complexity index is 498. The summed E-state index contributed by atoms with van der Waals surface area (Å²) in [5.41, 5.74) is 1.13. The van der Waals surface area contributed by atoms with Gasteiger partial charge in [-0.3, -0.25) is 9.59 Å². The van der Waals surface area contributed by atoms with Crippen LogP contribution in [0.15, 0.2) is 24.3 Å². The molecule has 1 N–H and O–H groups in total. The van der Waals surface area contributed by atoms with Gasteiger partial charge in [0.2, 0.25) is 11.8 Å². The molecule has 0 saturated heterocycles. The second-order valence-corrected chi connectivity index (χ2v) is 5.91. The molecule has 1 aromatic rings. The van der Waals surface area contributed by atoms with Gasteiger partial charge in [-0.25, -0.2) is 0 Å². The molecule has 1 aliphatic carbocycles. The summed E-state index contributed by atoms with van der Waals surface area (Å²) in [5, 5.41) is 3.64. The van der Waals surface area contributed by atoms with Gasteiger partial charge < -0.3 is 10.2 Å². The normalized spacial score (nSPS) is 13.8. The SMILES string of the molecule is CC(=O)N(CCC(=O)NC1CC1)CCc1ccc(Cl)cc1. The van der Waals surface area contributed by atoms with Gasteiger partial charge in [-0.1, -0.05) is 23.7 Å². The smallest absolute Gasteiger partial charge is 0.221 e. The molecule has 0 heterocycles. The van der Waals surface area contributed by atoms with Crippen molar-refractivity contribution in [1.29, 1.82) is 0 Å². The zero-order valence-electron chi connectivity index (χ0n) is 12.3. The number of hydrogen-bond donors (Lipinski definition) is 1. The monoisotopic (exact) mass is 308 g/mol. The van der Waals surface area contributed by atoms with E-state index in [1.54, 1.807) is 11.8 Å². The Hall–Kier alpha value is -1.55.